The van der Waals surface area contributed by atoms with Crippen molar-refractivity contribution < 1.29 is 4.79 Å². The van der Waals surface area contributed by atoms with Gasteiger partial charge in [-0.3, -0.25) is 4.79 Å². The Morgan fingerprint density at radius 2 is 1.90 bits per heavy atom. The number of rotatable bonds is 6. The first kappa shape index (κ1) is 16.3. The fraction of sp³-hybridized carbons (Fsp3) is 0.588. The Bertz CT molecular complexity index is 439. The van der Waals surface area contributed by atoms with Gasteiger partial charge in [-0.25, -0.2) is 0 Å². The Labute approximate surface area is 136 Å². The number of nitrogens with zero attached hydrogens (tertiary/aromatic N) is 1. The molecule has 1 aliphatic heterocycles. The lowest BCUT2D eigenvalue weighted by atomic mass is 9.99. The minimum Gasteiger partial charge on any atom is -0.372 e. The zero-order valence-corrected chi connectivity index (χ0v) is 14.4. The molecule has 1 fully saturated rings. The molecule has 0 aliphatic carbocycles. The molecule has 1 aliphatic rings. The van der Waals surface area contributed by atoms with Crippen LogP contribution >= 0.6 is 15.9 Å². The number of carbonyl (C=O) groups excluding carboxylic acids is 1. The van der Waals surface area contributed by atoms with Crippen LogP contribution in [0.3, 0.4) is 0 Å². The Balaban J connectivity index is 1.83. The number of benzene rings is 1. The van der Waals surface area contributed by atoms with E-state index >= 15 is 0 Å². The van der Waals surface area contributed by atoms with Crippen LogP contribution in [0, 0.1) is 5.92 Å². The predicted octanol–water partition coefficient (Wildman–Crippen LogP) is 4.43. The lowest BCUT2D eigenvalue weighted by Crippen LogP contribution is -2.32. The monoisotopic (exact) mass is 352 g/mol. The van der Waals surface area contributed by atoms with Crippen LogP contribution in [-0.2, 0) is 4.79 Å². The lowest BCUT2D eigenvalue weighted by Gasteiger charge is -2.32. The number of piperidine rings is 1. The molecule has 1 aromatic carbocycles. The van der Waals surface area contributed by atoms with Crippen LogP contribution in [-0.4, -0.2) is 24.3 Å². The molecule has 1 heterocycles. The van der Waals surface area contributed by atoms with E-state index < -0.39 is 0 Å². The summed E-state index contributed by atoms with van der Waals surface area (Å²) in [7, 11) is 0. The average Bonchev–Trinajstić information content (AvgIpc) is 2.49. The van der Waals surface area contributed by atoms with Crippen molar-refractivity contribution in [1.82, 2.24) is 0 Å². The Morgan fingerprint density at radius 1 is 1.24 bits per heavy atom. The van der Waals surface area contributed by atoms with Gasteiger partial charge in [0.15, 0.2) is 0 Å². The second kappa shape index (κ2) is 8.42. The number of amides is 1. The number of nitrogens with one attached hydrogen (secondary N) is 1. The van der Waals surface area contributed by atoms with E-state index in [1.807, 2.05) is 12.1 Å². The van der Waals surface area contributed by atoms with Crippen molar-refractivity contribution in [2.24, 2.45) is 5.92 Å². The molecule has 0 spiro atoms. The molecular weight excluding hydrogens is 328 g/mol. The predicted molar refractivity (Wildman–Crippen MR) is 93.3 cm³/mol. The van der Waals surface area contributed by atoms with Crippen molar-refractivity contribution >= 4 is 33.2 Å². The summed E-state index contributed by atoms with van der Waals surface area (Å²) in [4.78, 5) is 14.2. The molecular formula is C17H25BrN2O. The molecule has 1 amide bonds. The van der Waals surface area contributed by atoms with Gasteiger partial charge in [0.2, 0.25) is 5.91 Å². The summed E-state index contributed by atoms with van der Waals surface area (Å²) in [5.74, 6) is 0.954. The fourth-order valence-corrected chi connectivity index (χ4v) is 3.02. The highest BCUT2D eigenvalue weighted by atomic mass is 79.9. The van der Waals surface area contributed by atoms with E-state index in [0.717, 1.165) is 42.9 Å². The third-order valence-electron chi connectivity index (χ3n) is 4.09. The molecule has 0 atom stereocenters. The van der Waals surface area contributed by atoms with Crippen molar-refractivity contribution in [3.05, 3.63) is 24.3 Å². The fourth-order valence-electron chi connectivity index (χ4n) is 2.63. The van der Waals surface area contributed by atoms with Crippen LogP contribution in [0.5, 0.6) is 0 Å². The highest BCUT2D eigenvalue weighted by Gasteiger charge is 2.15. The molecule has 1 saturated heterocycles. The van der Waals surface area contributed by atoms with Gasteiger partial charge in [0.1, 0.15) is 0 Å². The maximum Gasteiger partial charge on any atom is 0.224 e. The minimum absolute atomic E-state index is 0.107. The zero-order valence-electron chi connectivity index (χ0n) is 12.8. The summed E-state index contributed by atoms with van der Waals surface area (Å²) in [5.41, 5.74) is 2.16. The average molecular weight is 353 g/mol. The van der Waals surface area contributed by atoms with Crippen molar-refractivity contribution in [3.8, 4) is 0 Å². The number of hydrogen-bond donors (Lipinski definition) is 1. The van der Waals surface area contributed by atoms with Crippen molar-refractivity contribution in [2.45, 2.75) is 39.0 Å². The maximum atomic E-state index is 11.8. The first-order chi connectivity index (χ1) is 10.2. The van der Waals surface area contributed by atoms with Crippen molar-refractivity contribution in [3.63, 3.8) is 0 Å². The summed E-state index contributed by atoms with van der Waals surface area (Å²) in [6.45, 7) is 4.60. The van der Waals surface area contributed by atoms with Gasteiger partial charge in [-0.1, -0.05) is 22.9 Å². The summed E-state index contributed by atoms with van der Waals surface area (Å²) in [5, 5.41) is 3.93. The topological polar surface area (TPSA) is 32.3 Å². The Morgan fingerprint density at radius 3 is 2.52 bits per heavy atom. The van der Waals surface area contributed by atoms with Gasteiger partial charge in [-0.05, 0) is 55.9 Å². The Kier molecular flexibility index (Phi) is 6.55. The van der Waals surface area contributed by atoms with Crippen molar-refractivity contribution in [1.29, 1.82) is 0 Å². The second-order valence-electron chi connectivity index (χ2n) is 5.91. The molecule has 4 heteroatoms. The summed E-state index contributed by atoms with van der Waals surface area (Å²) in [6.07, 6.45) is 5.11. The van der Waals surface area contributed by atoms with Crippen molar-refractivity contribution in [2.75, 3.05) is 28.6 Å². The van der Waals surface area contributed by atoms with E-state index in [1.54, 1.807) is 0 Å². The number of carbonyl (C=O) groups is 1. The standard InChI is InChI=1S/C17H25BrN2O/c1-14-9-12-20(13-10-14)16-7-5-15(6-8-16)19-17(21)4-2-3-11-18/h5-8,14H,2-4,9-13H2,1H3,(H,19,21). The molecule has 2 rings (SSSR count). The van der Waals surface area contributed by atoms with Gasteiger partial charge < -0.3 is 10.2 Å². The Hall–Kier alpha value is -1.03. The van der Waals surface area contributed by atoms with Crippen LogP contribution < -0.4 is 10.2 Å². The van der Waals surface area contributed by atoms with Gasteiger partial charge in [-0.2, -0.15) is 0 Å². The van der Waals surface area contributed by atoms with Crippen LogP contribution in [0.15, 0.2) is 24.3 Å². The van der Waals surface area contributed by atoms with Crippen LogP contribution in [0.4, 0.5) is 11.4 Å². The first-order valence-corrected chi connectivity index (χ1v) is 9.02. The largest absolute Gasteiger partial charge is 0.372 e. The summed E-state index contributed by atoms with van der Waals surface area (Å²) in [6, 6.07) is 8.25. The highest BCUT2D eigenvalue weighted by Crippen LogP contribution is 2.24. The molecule has 0 radical (unpaired) electrons. The zero-order chi connectivity index (χ0) is 15.1. The number of halogens is 1. The molecule has 116 valence electrons. The van der Waals surface area contributed by atoms with E-state index in [-0.39, 0.29) is 5.91 Å². The molecule has 0 aromatic heterocycles. The molecule has 1 aromatic rings. The third-order valence-corrected chi connectivity index (χ3v) is 4.65. The van der Waals surface area contributed by atoms with Gasteiger partial charge in [0.05, 0.1) is 0 Å². The van der Waals surface area contributed by atoms with Gasteiger partial charge in [0, 0.05) is 36.2 Å². The summed E-state index contributed by atoms with van der Waals surface area (Å²) >= 11 is 3.38. The highest BCUT2D eigenvalue weighted by molar-refractivity contribution is 9.09. The van der Waals surface area contributed by atoms with Gasteiger partial charge >= 0.3 is 0 Å². The molecule has 0 unspecified atom stereocenters. The van der Waals surface area contributed by atoms with Crippen LogP contribution in [0.25, 0.3) is 0 Å². The van der Waals surface area contributed by atoms with E-state index in [4.69, 9.17) is 0 Å². The quantitative estimate of drug-likeness (QED) is 0.606. The van der Waals surface area contributed by atoms with E-state index in [0.29, 0.717) is 6.42 Å². The lowest BCUT2D eigenvalue weighted by molar-refractivity contribution is -0.116. The third kappa shape index (κ3) is 5.34. The second-order valence-corrected chi connectivity index (χ2v) is 6.70. The maximum absolute atomic E-state index is 11.8. The van der Waals surface area contributed by atoms with E-state index in [9.17, 15) is 4.79 Å². The molecule has 21 heavy (non-hydrogen) atoms. The first-order valence-electron chi connectivity index (χ1n) is 7.90. The normalized spacial score (nSPS) is 16.0. The van der Waals surface area contributed by atoms with Crippen LogP contribution in [0.2, 0.25) is 0 Å². The number of hydrogen-bond acceptors (Lipinski definition) is 2. The number of unbranched alkanes of at least 4 members (excludes halogenated alkanes) is 1. The van der Waals surface area contributed by atoms with E-state index in [1.165, 1.54) is 18.5 Å². The van der Waals surface area contributed by atoms with E-state index in [2.05, 4.69) is 45.2 Å². The van der Waals surface area contributed by atoms with Crippen LogP contribution in [0.1, 0.15) is 39.0 Å². The smallest absolute Gasteiger partial charge is 0.224 e. The number of anilines is 2. The molecule has 0 bridgehead atoms. The minimum atomic E-state index is 0.107. The molecule has 3 nitrogen and oxygen atoms in total. The summed E-state index contributed by atoms with van der Waals surface area (Å²) < 4.78 is 0. The molecule has 0 saturated carbocycles. The SMILES string of the molecule is CC1CCN(c2ccc(NC(=O)CCCCBr)cc2)CC1. The van der Waals surface area contributed by atoms with Gasteiger partial charge in [0.25, 0.3) is 0 Å². The number of alkyl halides is 1. The van der Waals surface area contributed by atoms with Gasteiger partial charge in [-0.15, -0.1) is 0 Å². The molecule has 1 N–H and O–H groups in total.